The smallest absolute Gasteiger partial charge is 0.264 e. The molecule has 236 valence electrons. The summed E-state index contributed by atoms with van der Waals surface area (Å²) in [4.78, 5) is 29.4. The molecule has 0 radical (unpaired) electrons. The maximum absolute atomic E-state index is 15.0. The third-order valence-electron chi connectivity index (χ3n) is 7.05. The lowest BCUT2D eigenvalue weighted by atomic mass is 10.0. The predicted molar refractivity (Wildman–Crippen MR) is 173 cm³/mol. The van der Waals surface area contributed by atoms with Gasteiger partial charge in [0.25, 0.3) is 10.0 Å². The molecule has 0 unspecified atom stereocenters. The Morgan fingerprint density at radius 3 is 2.04 bits per heavy atom. The van der Waals surface area contributed by atoms with Gasteiger partial charge in [0.15, 0.2) is 0 Å². The molecule has 4 aromatic carbocycles. The largest absolute Gasteiger partial charge is 0.494 e. The van der Waals surface area contributed by atoms with Gasteiger partial charge < -0.3 is 15.0 Å². The van der Waals surface area contributed by atoms with Crippen LogP contribution in [0.5, 0.6) is 5.75 Å². The Labute approximate surface area is 264 Å². The van der Waals surface area contributed by atoms with Gasteiger partial charge in [-0.3, -0.25) is 13.9 Å². The molecule has 0 aliphatic rings. The number of ether oxygens (including phenoxy) is 1. The number of sulfonamides is 1. The van der Waals surface area contributed by atoms with Crippen molar-refractivity contribution >= 4 is 27.5 Å². The van der Waals surface area contributed by atoms with Gasteiger partial charge in [-0.2, -0.15) is 0 Å². The number of nitrogens with one attached hydrogen (secondary N) is 1. The van der Waals surface area contributed by atoms with Crippen molar-refractivity contribution in [1.29, 1.82) is 0 Å². The molecular weight excluding hydrogens is 593 g/mol. The van der Waals surface area contributed by atoms with Crippen LogP contribution in [0.1, 0.15) is 31.9 Å². The quantitative estimate of drug-likeness (QED) is 0.196. The minimum Gasteiger partial charge on any atom is -0.494 e. The summed E-state index contributed by atoms with van der Waals surface area (Å²) in [6, 6.07) is 28.1. The zero-order chi connectivity index (χ0) is 32.4. The molecule has 2 amide bonds. The van der Waals surface area contributed by atoms with Crippen molar-refractivity contribution in [3.05, 3.63) is 126 Å². The van der Waals surface area contributed by atoms with E-state index in [2.05, 4.69) is 5.32 Å². The first-order valence-electron chi connectivity index (χ1n) is 14.8. The van der Waals surface area contributed by atoms with Crippen LogP contribution < -0.4 is 14.4 Å². The molecule has 0 fully saturated rings. The topological polar surface area (TPSA) is 96.0 Å². The summed E-state index contributed by atoms with van der Waals surface area (Å²) in [7, 11) is -4.24. The third kappa shape index (κ3) is 8.69. The minimum atomic E-state index is -4.24. The van der Waals surface area contributed by atoms with Crippen molar-refractivity contribution in [3.63, 3.8) is 0 Å². The summed E-state index contributed by atoms with van der Waals surface area (Å²) in [6.45, 7) is 4.98. The highest BCUT2D eigenvalue weighted by Crippen LogP contribution is 2.27. The van der Waals surface area contributed by atoms with Gasteiger partial charge in [0.05, 0.1) is 17.2 Å². The molecule has 0 heterocycles. The molecule has 0 aliphatic carbocycles. The molecule has 45 heavy (non-hydrogen) atoms. The molecule has 0 saturated carbocycles. The SMILES string of the molecule is CCOc1ccc(N(CC(=O)N(Cc2ccccc2F)[C@@H](Cc2ccccc2)C(=O)NC(C)C)S(=O)(=O)c2ccccc2)cc1. The molecule has 0 aliphatic heterocycles. The van der Waals surface area contributed by atoms with Crippen LogP contribution in [0.4, 0.5) is 10.1 Å². The summed E-state index contributed by atoms with van der Waals surface area (Å²) in [6.07, 6.45) is 0.133. The van der Waals surface area contributed by atoms with Gasteiger partial charge in [-0.05, 0) is 68.8 Å². The van der Waals surface area contributed by atoms with Gasteiger partial charge in [0.2, 0.25) is 11.8 Å². The van der Waals surface area contributed by atoms with E-state index in [-0.39, 0.29) is 35.2 Å². The van der Waals surface area contributed by atoms with Gasteiger partial charge in [-0.15, -0.1) is 0 Å². The number of halogens is 1. The molecule has 1 N–H and O–H groups in total. The van der Waals surface area contributed by atoms with E-state index in [9.17, 15) is 22.4 Å². The Morgan fingerprint density at radius 1 is 0.844 bits per heavy atom. The number of anilines is 1. The molecule has 4 aromatic rings. The number of nitrogens with zero attached hydrogens (tertiary/aromatic N) is 2. The van der Waals surface area contributed by atoms with E-state index in [0.29, 0.717) is 12.4 Å². The fourth-order valence-electron chi connectivity index (χ4n) is 4.87. The van der Waals surface area contributed by atoms with Crippen LogP contribution >= 0.6 is 0 Å². The Bertz CT molecular complexity index is 1670. The van der Waals surface area contributed by atoms with Crippen LogP contribution in [-0.4, -0.2) is 50.4 Å². The van der Waals surface area contributed by atoms with Crippen molar-refractivity contribution in [2.45, 2.75) is 50.7 Å². The number of carbonyl (C=O) groups is 2. The fraction of sp³-hybridized carbons (Fsp3) is 0.257. The lowest BCUT2D eigenvalue weighted by Gasteiger charge is -2.34. The Hall–Kier alpha value is -4.70. The average Bonchev–Trinajstić information content (AvgIpc) is 3.03. The van der Waals surface area contributed by atoms with Crippen LogP contribution in [0.15, 0.2) is 114 Å². The molecule has 0 spiro atoms. The number of hydrogen-bond donors (Lipinski definition) is 1. The summed E-state index contributed by atoms with van der Waals surface area (Å²) >= 11 is 0. The monoisotopic (exact) mass is 631 g/mol. The van der Waals surface area contributed by atoms with Crippen LogP contribution in [-0.2, 0) is 32.6 Å². The standard InChI is InChI=1S/C35H38FN3O5S/c1-4-44-30-21-19-29(20-22-30)39(45(42,43)31-16-9-6-10-17-31)25-34(40)38(24-28-15-11-12-18-32(28)36)33(35(41)37-26(2)3)23-27-13-7-5-8-14-27/h5-22,26,33H,4,23-25H2,1-3H3,(H,37,41)/t33-/m0/s1. The van der Waals surface area contributed by atoms with Gasteiger partial charge in [-0.1, -0.05) is 66.7 Å². The molecule has 4 rings (SSSR count). The van der Waals surface area contributed by atoms with Gasteiger partial charge in [0.1, 0.15) is 24.2 Å². The maximum atomic E-state index is 15.0. The first-order chi connectivity index (χ1) is 21.6. The van der Waals surface area contributed by atoms with Crippen molar-refractivity contribution in [1.82, 2.24) is 10.2 Å². The van der Waals surface area contributed by atoms with Crippen LogP contribution in [0.3, 0.4) is 0 Å². The molecular formula is C35H38FN3O5S. The Morgan fingerprint density at radius 2 is 1.44 bits per heavy atom. The third-order valence-corrected chi connectivity index (χ3v) is 8.83. The average molecular weight is 632 g/mol. The number of rotatable bonds is 14. The van der Waals surface area contributed by atoms with Crippen molar-refractivity contribution in [2.75, 3.05) is 17.5 Å². The number of hydrogen-bond acceptors (Lipinski definition) is 5. The molecule has 10 heteroatoms. The van der Waals surface area contributed by atoms with Crippen molar-refractivity contribution < 1.29 is 27.1 Å². The Kier molecular flexibility index (Phi) is 11.3. The first-order valence-corrected chi connectivity index (χ1v) is 16.2. The number of amides is 2. The van der Waals surface area contributed by atoms with E-state index in [1.165, 1.54) is 29.2 Å². The van der Waals surface area contributed by atoms with Gasteiger partial charge in [0, 0.05) is 24.6 Å². The molecule has 8 nitrogen and oxygen atoms in total. The van der Waals surface area contributed by atoms with Gasteiger partial charge in [-0.25, -0.2) is 12.8 Å². The van der Waals surface area contributed by atoms with Gasteiger partial charge >= 0.3 is 0 Å². The van der Waals surface area contributed by atoms with Crippen LogP contribution in [0, 0.1) is 5.82 Å². The van der Waals surface area contributed by atoms with E-state index in [0.717, 1.165) is 9.87 Å². The highest BCUT2D eigenvalue weighted by Gasteiger charge is 2.35. The van der Waals surface area contributed by atoms with E-state index < -0.39 is 40.2 Å². The zero-order valence-electron chi connectivity index (χ0n) is 25.6. The van der Waals surface area contributed by atoms with Crippen LogP contribution in [0.25, 0.3) is 0 Å². The van der Waals surface area contributed by atoms with E-state index in [1.54, 1.807) is 68.4 Å². The molecule has 0 saturated heterocycles. The lowest BCUT2D eigenvalue weighted by Crippen LogP contribution is -2.54. The fourth-order valence-corrected chi connectivity index (χ4v) is 6.30. The second kappa shape index (κ2) is 15.3. The Balaban J connectivity index is 1.80. The molecule has 0 aromatic heterocycles. The minimum absolute atomic E-state index is 0.00859. The van der Waals surface area contributed by atoms with E-state index in [4.69, 9.17) is 4.74 Å². The highest BCUT2D eigenvalue weighted by atomic mass is 32.2. The summed E-state index contributed by atoms with van der Waals surface area (Å²) < 4.78 is 49.6. The maximum Gasteiger partial charge on any atom is 0.264 e. The van der Waals surface area contributed by atoms with Crippen molar-refractivity contribution in [2.24, 2.45) is 0 Å². The molecule has 0 bridgehead atoms. The summed E-state index contributed by atoms with van der Waals surface area (Å²) in [5.41, 5.74) is 1.21. The predicted octanol–water partition coefficient (Wildman–Crippen LogP) is 5.58. The first kappa shape index (κ1) is 33.2. The lowest BCUT2D eigenvalue weighted by molar-refractivity contribution is -0.140. The highest BCUT2D eigenvalue weighted by molar-refractivity contribution is 7.92. The summed E-state index contributed by atoms with van der Waals surface area (Å²) in [5.74, 6) is -1.11. The second-order valence-corrected chi connectivity index (χ2v) is 12.6. The zero-order valence-corrected chi connectivity index (χ0v) is 26.4. The number of carbonyl (C=O) groups excluding carboxylic acids is 2. The van der Waals surface area contributed by atoms with E-state index in [1.807, 2.05) is 37.3 Å². The van der Waals surface area contributed by atoms with Crippen LogP contribution in [0.2, 0.25) is 0 Å². The van der Waals surface area contributed by atoms with Crippen molar-refractivity contribution in [3.8, 4) is 5.75 Å². The second-order valence-electron chi connectivity index (χ2n) is 10.7. The number of benzene rings is 4. The summed E-state index contributed by atoms with van der Waals surface area (Å²) in [5, 5.41) is 2.89. The molecule has 1 atom stereocenters. The normalized spacial score (nSPS) is 11.9. The van der Waals surface area contributed by atoms with E-state index >= 15 is 0 Å².